The third kappa shape index (κ3) is 3.50. The second-order valence-corrected chi connectivity index (χ2v) is 7.72. The first kappa shape index (κ1) is 17.4. The van der Waals surface area contributed by atoms with E-state index in [0.717, 1.165) is 24.8 Å². The molecule has 4 heteroatoms. The molecular weight excluding hydrogens is 304 g/mol. The number of carbonyl (C=O) groups excluding carboxylic acids is 1. The standard InChI is InChI=1S/C20H28O4/c1-12-6-5-7-13(2)16(21)10-18-20(4,24-18)11-17-15(9-8-12)14(3)19(22)23-17/h7-8,15-18,21H,3,5-6,9-11H2,1-2,4H3/t15-,16+,17+,18-,20-/m1/s1. The maximum atomic E-state index is 12.0. The second-order valence-electron chi connectivity index (χ2n) is 7.72. The van der Waals surface area contributed by atoms with Crippen molar-refractivity contribution in [3.05, 3.63) is 35.5 Å². The summed E-state index contributed by atoms with van der Waals surface area (Å²) in [6, 6.07) is 0. The van der Waals surface area contributed by atoms with E-state index in [9.17, 15) is 9.90 Å². The van der Waals surface area contributed by atoms with Crippen molar-refractivity contribution in [2.75, 3.05) is 0 Å². The lowest BCUT2D eigenvalue weighted by atomic mass is 9.85. The van der Waals surface area contributed by atoms with Gasteiger partial charge in [0.05, 0.1) is 17.8 Å². The number of aliphatic hydroxyl groups is 1. The zero-order valence-corrected chi connectivity index (χ0v) is 14.9. The Bertz CT molecular complexity index is 603. The summed E-state index contributed by atoms with van der Waals surface area (Å²) in [5, 5.41) is 10.4. The van der Waals surface area contributed by atoms with Crippen LogP contribution in [0.15, 0.2) is 35.5 Å². The van der Waals surface area contributed by atoms with Gasteiger partial charge in [-0.05, 0) is 45.6 Å². The van der Waals surface area contributed by atoms with E-state index in [4.69, 9.17) is 9.47 Å². The van der Waals surface area contributed by atoms with Gasteiger partial charge in [-0.25, -0.2) is 4.79 Å². The first-order chi connectivity index (χ1) is 11.3. The first-order valence-corrected chi connectivity index (χ1v) is 8.88. The normalized spacial score (nSPS) is 40.7. The molecule has 1 aliphatic carbocycles. The van der Waals surface area contributed by atoms with Crippen LogP contribution in [0.2, 0.25) is 0 Å². The van der Waals surface area contributed by atoms with Crippen molar-refractivity contribution >= 4 is 5.97 Å². The van der Waals surface area contributed by atoms with Gasteiger partial charge in [0.15, 0.2) is 0 Å². The van der Waals surface area contributed by atoms with Crippen LogP contribution in [0.3, 0.4) is 0 Å². The van der Waals surface area contributed by atoms with Gasteiger partial charge in [-0.1, -0.05) is 24.3 Å². The molecule has 0 aromatic rings. The number of hydrogen-bond donors (Lipinski definition) is 1. The highest BCUT2D eigenvalue weighted by molar-refractivity contribution is 5.90. The average Bonchev–Trinajstić information content (AvgIpc) is 3.05. The van der Waals surface area contributed by atoms with E-state index >= 15 is 0 Å². The van der Waals surface area contributed by atoms with Crippen LogP contribution in [-0.4, -0.2) is 35.0 Å². The Morgan fingerprint density at radius 3 is 2.83 bits per heavy atom. The molecule has 2 saturated heterocycles. The molecule has 1 N–H and O–H groups in total. The highest BCUT2D eigenvalue weighted by Gasteiger charge is 2.56. The number of rotatable bonds is 0. The summed E-state index contributed by atoms with van der Waals surface area (Å²) in [4.78, 5) is 12.0. The fourth-order valence-corrected chi connectivity index (χ4v) is 3.80. The number of fused-ring (bicyclic) bond motifs is 2. The van der Waals surface area contributed by atoms with E-state index < -0.39 is 6.10 Å². The summed E-state index contributed by atoms with van der Waals surface area (Å²) in [5.41, 5.74) is 2.56. The molecule has 24 heavy (non-hydrogen) atoms. The molecule has 2 fully saturated rings. The third-order valence-electron chi connectivity index (χ3n) is 5.75. The molecule has 0 saturated carbocycles. The van der Waals surface area contributed by atoms with Crippen LogP contribution >= 0.6 is 0 Å². The molecular formula is C20H28O4. The molecule has 0 spiro atoms. The molecule has 0 unspecified atom stereocenters. The molecule has 0 aromatic heterocycles. The number of aliphatic hydroxyl groups excluding tert-OH is 1. The van der Waals surface area contributed by atoms with E-state index in [1.165, 1.54) is 5.57 Å². The summed E-state index contributed by atoms with van der Waals surface area (Å²) < 4.78 is 11.4. The third-order valence-corrected chi connectivity index (χ3v) is 5.75. The highest BCUT2D eigenvalue weighted by Crippen LogP contribution is 2.47. The molecule has 132 valence electrons. The van der Waals surface area contributed by atoms with Gasteiger partial charge in [0.25, 0.3) is 0 Å². The summed E-state index contributed by atoms with van der Waals surface area (Å²) in [7, 11) is 0. The maximum Gasteiger partial charge on any atom is 0.334 e. The van der Waals surface area contributed by atoms with Crippen LogP contribution in [0.1, 0.15) is 52.9 Å². The molecule has 3 aliphatic rings. The van der Waals surface area contributed by atoms with E-state index in [1.54, 1.807) is 0 Å². The van der Waals surface area contributed by atoms with Crippen molar-refractivity contribution in [3.8, 4) is 0 Å². The predicted octanol–water partition coefficient (Wildman–Crippen LogP) is 3.46. The minimum absolute atomic E-state index is 0.0179. The summed E-state index contributed by atoms with van der Waals surface area (Å²) in [6.07, 6.45) is 7.61. The van der Waals surface area contributed by atoms with Gasteiger partial charge in [-0.2, -0.15) is 0 Å². The number of hydrogen-bond acceptors (Lipinski definition) is 4. The summed E-state index contributed by atoms with van der Waals surface area (Å²) in [5.74, 6) is -0.252. The highest BCUT2D eigenvalue weighted by atomic mass is 16.6. The molecule has 0 aromatic carbocycles. The minimum atomic E-state index is -0.471. The van der Waals surface area contributed by atoms with Crippen molar-refractivity contribution in [2.45, 2.75) is 76.8 Å². The van der Waals surface area contributed by atoms with Gasteiger partial charge in [0, 0.05) is 24.3 Å². The van der Waals surface area contributed by atoms with Crippen LogP contribution in [0.25, 0.3) is 0 Å². The van der Waals surface area contributed by atoms with Crippen LogP contribution in [-0.2, 0) is 14.3 Å². The van der Waals surface area contributed by atoms with Crippen molar-refractivity contribution in [3.63, 3.8) is 0 Å². The predicted molar refractivity (Wildman–Crippen MR) is 92.4 cm³/mol. The van der Waals surface area contributed by atoms with Gasteiger partial charge >= 0.3 is 5.97 Å². The lowest BCUT2D eigenvalue weighted by Gasteiger charge is -2.20. The van der Waals surface area contributed by atoms with Gasteiger partial charge < -0.3 is 14.6 Å². The zero-order chi connectivity index (χ0) is 17.5. The average molecular weight is 332 g/mol. The van der Waals surface area contributed by atoms with E-state index in [1.807, 2.05) is 13.8 Å². The minimum Gasteiger partial charge on any atom is -0.458 e. The fraction of sp³-hybridized carbons (Fsp3) is 0.650. The molecule has 0 radical (unpaired) electrons. The quantitative estimate of drug-likeness (QED) is 0.319. The summed E-state index contributed by atoms with van der Waals surface area (Å²) >= 11 is 0. The van der Waals surface area contributed by atoms with E-state index in [-0.39, 0.29) is 29.7 Å². The van der Waals surface area contributed by atoms with Crippen LogP contribution in [0, 0.1) is 5.92 Å². The lowest BCUT2D eigenvalue weighted by molar-refractivity contribution is -0.139. The largest absolute Gasteiger partial charge is 0.458 e. The number of carbonyl (C=O) groups is 1. The SMILES string of the molecule is C=C1C(=O)O[C@H]2C[C@@]3(C)O[C@@H]3C[C@H](O)C(C)=CCCC(C)=CC[C@H]12. The Morgan fingerprint density at radius 1 is 1.33 bits per heavy atom. The number of ether oxygens (including phenoxy) is 2. The van der Waals surface area contributed by atoms with Crippen LogP contribution in [0.5, 0.6) is 0 Å². The van der Waals surface area contributed by atoms with Gasteiger partial charge in [-0.3, -0.25) is 0 Å². The first-order valence-electron chi connectivity index (χ1n) is 8.88. The van der Waals surface area contributed by atoms with Gasteiger partial charge in [0.1, 0.15) is 6.10 Å². The Morgan fingerprint density at radius 2 is 2.08 bits per heavy atom. The fourth-order valence-electron chi connectivity index (χ4n) is 3.80. The van der Waals surface area contributed by atoms with Crippen molar-refractivity contribution in [1.29, 1.82) is 0 Å². The Labute approximate surface area is 144 Å². The number of esters is 1. The monoisotopic (exact) mass is 332 g/mol. The molecule has 5 atom stereocenters. The number of epoxide rings is 1. The Hall–Kier alpha value is -1.39. The molecule has 0 amide bonds. The van der Waals surface area contributed by atoms with Crippen molar-refractivity contribution in [1.82, 2.24) is 0 Å². The van der Waals surface area contributed by atoms with E-state index in [2.05, 4.69) is 25.7 Å². The van der Waals surface area contributed by atoms with E-state index in [0.29, 0.717) is 18.4 Å². The van der Waals surface area contributed by atoms with Crippen molar-refractivity contribution in [2.24, 2.45) is 5.92 Å². The molecule has 2 heterocycles. The van der Waals surface area contributed by atoms with Gasteiger partial charge in [-0.15, -0.1) is 0 Å². The van der Waals surface area contributed by atoms with Gasteiger partial charge in [0.2, 0.25) is 0 Å². The maximum absolute atomic E-state index is 12.0. The second kappa shape index (κ2) is 6.49. The molecule has 2 aliphatic heterocycles. The lowest BCUT2D eigenvalue weighted by Crippen LogP contribution is -2.26. The summed E-state index contributed by atoms with van der Waals surface area (Å²) in [6.45, 7) is 10.1. The Kier molecular flexibility index (Phi) is 4.71. The van der Waals surface area contributed by atoms with Crippen molar-refractivity contribution < 1.29 is 19.4 Å². The smallest absolute Gasteiger partial charge is 0.334 e. The Balaban J connectivity index is 1.82. The zero-order valence-electron chi connectivity index (χ0n) is 14.9. The van der Waals surface area contributed by atoms with Crippen LogP contribution in [0.4, 0.5) is 0 Å². The molecule has 4 nitrogen and oxygen atoms in total. The van der Waals surface area contributed by atoms with Crippen LogP contribution < -0.4 is 0 Å². The number of allylic oxidation sites excluding steroid dienone is 3. The molecule has 0 bridgehead atoms. The topological polar surface area (TPSA) is 59.1 Å². The molecule has 3 rings (SSSR count).